The maximum atomic E-state index is 12.9. The summed E-state index contributed by atoms with van der Waals surface area (Å²) in [6, 6.07) is 13.0. The Morgan fingerprint density at radius 2 is 1.86 bits per heavy atom. The maximum Gasteiger partial charge on any atom is 0.416 e. The summed E-state index contributed by atoms with van der Waals surface area (Å²) >= 11 is 0. The number of para-hydroxylation sites is 1. The highest BCUT2D eigenvalue weighted by Crippen LogP contribution is 2.31. The first-order chi connectivity index (χ1) is 13.3. The molecule has 9 heteroatoms. The smallest absolute Gasteiger partial charge is 0.311 e. The topological polar surface area (TPSA) is 63.9 Å². The number of carbonyl (C=O) groups excluding carboxylic acids is 1. The van der Waals surface area contributed by atoms with E-state index in [0.717, 1.165) is 22.6 Å². The molecule has 146 valence electrons. The van der Waals surface area contributed by atoms with Gasteiger partial charge in [-0.1, -0.05) is 30.3 Å². The molecule has 3 aromatic rings. The summed E-state index contributed by atoms with van der Waals surface area (Å²) in [4.78, 5) is 15.6. The average molecular weight is 389 g/mol. The van der Waals surface area contributed by atoms with Crippen molar-refractivity contribution in [1.82, 2.24) is 20.2 Å². The first kappa shape index (κ1) is 19.5. The lowest BCUT2D eigenvalue weighted by Gasteiger charge is -2.23. The number of aromatic nitrogens is 4. The summed E-state index contributed by atoms with van der Waals surface area (Å²) in [6.07, 6.45) is -4.47. The summed E-state index contributed by atoms with van der Waals surface area (Å²) in [5.74, 6) is -0.227. The van der Waals surface area contributed by atoms with Crippen LogP contribution in [0.15, 0.2) is 54.6 Å². The van der Waals surface area contributed by atoms with Gasteiger partial charge in [-0.25, -0.2) is 0 Å². The van der Waals surface area contributed by atoms with Crippen LogP contribution in [0.4, 0.5) is 18.9 Å². The van der Waals surface area contributed by atoms with Crippen molar-refractivity contribution in [3.05, 3.63) is 60.2 Å². The molecule has 1 atom stereocenters. The Morgan fingerprint density at radius 3 is 2.50 bits per heavy atom. The Kier molecular flexibility index (Phi) is 5.43. The predicted molar refractivity (Wildman–Crippen MR) is 97.4 cm³/mol. The molecule has 3 rings (SSSR count). The molecular weight excluding hydrogens is 371 g/mol. The van der Waals surface area contributed by atoms with E-state index in [-0.39, 0.29) is 17.3 Å². The van der Waals surface area contributed by atoms with E-state index in [1.807, 2.05) is 37.3 Å². The van der Waals surface area contributed by atoms with Crippen molar-refractivity contribution in [3.8, 4) is 11.4 Å². The Morgan fingerprint density at radius 1 is 1.14 bits per heavy atom. The summed E-state index contributed by atoms with van der Waals surface area (Å²) in [6.45, 7) is 3.91. The van der Waals surface area contributed by atoms with Crippen LogP contribution in [0, 0.1) is 0 Å². The van der Waals surface area contributed by atoms with Gasteiger partial charge >= 0.3 is 6.18 Å². The van der Waals surface area contributed by atoms with Crippen LogP contribution in [0.5, 0.6) is 0 Å². The molecule has 0 spiro atoms. The number of rotatable bonds is 5. The summed E-state index contributed by atoms with van der Waals surface area (Å²) in [7, 11) is 0. The van der Waals surface area contributed by atoms with Crippen molar-refractivity contribution in [1.29, 1.82) is 0 Å². The number of halogens is 3. The van der Waals surface area contributed by atoms with E-state index in [9.17, 15) is 18.0 Å². The van der Waals surface area contributed by atoms with Crippen LogP contribution in [0.25, 0.3) is 11.4 Å². The zero-order chi connectivity index (χ0) is 20.3. The SMILES string of the molecule is CCN(C(=O)C(C)n1nnc(-c2cccc(C(F)(F)F)c2)n1)c1ccccc1. The van der Waals surface area contributed by atoms with E-state index in [1.54, 1.807) is 11.8 Å². The number of amides is 1. The molecule has 0 aliphatic heterocycles. The number of nitrogens with zero attached hydrogens (tertiary/aromatic N) is 5. The van der Waals surface area contributed by atoms with E-state index in [1.165, 1.54) is 12.1 Å². The van der Waals surface area contributed by atoms with Crippen LogP contribution in [0.3, 0.4) is 0 Å². The van der Waals surface area contributed by atoms with Crippen LogP contribution < -0.4 is 4.90 Å². The van der Waals surface area contributed by atoms with Crippen molar-refractivity contribution < 1.29 is 18.0 Å². The zero-order valence-electron chi connectivity index (χ0n) is 15.3. The van der Waals surface area contributed by atoms with E-state index in [0.29, 0.717) is 6.54 Å². The van der Waals surface area contributed by atoms with Crippen LogP contribution >= 0.6 is 0 Å². The second kappa shape index (κ2) is 7.79. The normalized spacial score (nSPS) is 12.6. The van der Waals surface area contributed by atoms with E-state index in [2.05, 4.69) is 15.4 Å². The third-order valence-electron chi connectivity index (χ3n) is 4.23. The summed E-state index contributed by atoms with van der Waals surface area (Å²) < 4.78 is 38.7. The molecular formula is C19H18F3N5O. The molecule has 2 aromatic carbocycles. The third-order valence-corrected chi connectivity index (χ3v) is 4.23. The van der Waals surface area contributed by atoms with Crippen molar-refractivity contribution >= 4 is 11.6 Å². The lowest BCUT2D eigenvalue weighted by molar-refractivity contribution is -0.137. The minimum Gasteiger partial charge on any atom is -0.311 e. The molecule has 0 aliphatic carbocycles. The molecule has 0 fully saturated rings. The van der Waals surface area contributed by atoms with Crippen LogP contribution in [0.2, 0.25) is 0 Å². The fourth-order valence-electron chi connectivity index (χ4n) is 2.74. The minimum atomic E-state index is -4.47. The number of anilines is 1. The first-order valence-corrected chi connectivity index (χ1v) is 8.65. The fraction of sp³-hybridized carbons (Fsp3) is 0.263. The summed E-state index contributed by atoms with van der Waals surface area (Å²) in [5, 5.41) is 11.8. The molecule has 1 heterocycles. The zero-order valence-corrected chi connectivity index (χ0v) is 15.3. The number of carbonyl (C=O) groups is 1. The number of benzene rings is 2. The Bertz CT molecular complexity index is 955. The van der Waals surface area contributed by atoms with E-state index < -0.39 is 17.8 Å². The van der Waals surface area contributed by atoms with Gasteiger partial charge in [-0.05, 0) is 43.3 Å². The lowest BCUT2D eigenvalue weighted by atomic mass is 10.1. The fourth-order valence-corrected chi connectivity index (χ4v) is 2.74. The second-order valence-corrected chi connectivity index (χ2v) is 6.11. The highest BCUT2D eigenvalue weighted by molar-refractivity contribution is 5.95. The molecule has 0 saturated heterocycles. The molecule has 1 aromatic heterocycles. The molecule has 6 nitrogen and oxygen atoms in total. The van der Waals surface area contributed by atoms with Gasteiger partial charge in [0.2, 0.25) is 5.82 Å². The molecule has 0 bridgehead atoms. The number of likely N-dealkylation sites (N-methyl/N-ethyl adjacent to an activating group) is 1. The van der Waals surface area contributed by atoms with Crippen molar-refractivity contribution in [2.24, 2.45) is 0 Å². The van der Waals surface area contributed by atoms with Crippen LogP contribution in [-0.4, -0.2) is 32.7 Å². The number of hydrogen-bond acceptors (Lipinski definition) is 4. The van der Waals surface area contributed by atoms with Gasteiger partial charge in [0.05, 0.1) is 5.56 Å². The number of tetrazole rings is 1. The maximum absolute atomic E-state index is 12.9. The quantitative estimate of drug-likeness (QED) is 0.662. The lowest BCUT2D eigenvalue weighted by Crippen LogP contribution is -2.37. The molecule has 0 aliphatic rings. The molecule has 0 radical (unpaired) electrons. The minimum absolute atomic E-state index is 0.0218. The average Bonchev–Trinajstić information content (AvgIpc) is 3.18. The molecule has 1 unspecified atom stereocenters. The highest BCUT2D eigenvalue weighted by atomic mass is 19.4. The van der Waals surface area contributed by atoms with Gasteiger partial charge in [0.1, 0.15) is 6.04 Å². The van der Waals surface area contributed by atoms with Gasteiger partial charge < -0.3 is 4.90 Å². The van der Waals surface area contributed by atoms with Gasteiger partial charge in [0, 0.05) is 17.8 Å². The second-order valence-electron chi connectivity index (χ2n) is 6.11. The standard InChI is InChI=1S/C19H18F3N5O/c1-3-26(16-10-5-4-6-11-16)18(28)13(2)27-24-17(23-25-27)14-8-7-9-15(12-14)19(20,21)22/h4-13H,3H2,1-2H3. The van der Waals surface area contributed by atoms with Crippen LogP contribution in [-0.2, 0) is 11.0 Å². The first-order valence-electron chi connectivity index (χ1n) is 8.65. The summed E-state index contributed by atoms with van der Waals surface area (Å²) in [5.41, 5.74) is 0.114. The van der Waals surface area contributed by atoms with Gasteiger partial charge in [0.25, 0.3) is 5.91 Å². The van der Waals surface area contributed by atoms with E-state index >= 15 is 0 Å². The third kappa shape index (κ3) is 4.03. The Hall–Kier alpha value is -3.23. The number of alkyl halides is 3. The van der Waals surface area contributed by atoms with Crippen molar-refractivity contribution in [3.63, 3.8) is 0 Å². The monoisotopic (exact) mass is 389 g/mol. The van der Waals surface area contributed by atoms with Crippen LogP contribution in [0.1, 0.15) is 25.5 Å². The van der Waals surface area contributed by atoms with Crippen molar-refractivity contribution in [2.75, 3.05) is 11.4 Å². The largest absolute Gasteiger partial charge is 0.416 e. The highest BCUT2D eigenvalue weighted by Gasteiger charge is 2.31. The molecule has 0 saturated carbocycles. The van der Waals surface area contributed by atoms with Gasteiger partial charge in [0.15, 0.2) is 0 Å². The number of hydrogen-bond donors (Lipinski definition) is 0. The van der Waals surface area contributed by atoms with Crippen molar-refractivity contribution in [2.45, 2.75) is 26.1 Å². The van der Waals surface area contributed by atoms with Gasteiger partial charge in [-0.3, -0.25) is 4.79 Å². The Labute approximate surface area is 159 Å². The molecule has 28 heavy (non-hydrogen) atoms. The Balaban J connectivity index is 1.84. The molecule has 0 N–H and O–H groups in total. The van der Waals surface area contributed by atoms with E-state index in [4.69, 9.17) is 0 Å². The molecule has 1 amide bonds. The van der Waals surface area contributed by atoms with Gasteiger partial charge in [-0.2, -0.15) is 18.0 Å². The van der Waals surface area contributed by atoms with Gasteiger partial charge in [-0.15, -0.1) is 10.2 Å². The predicted octanol–water partition coefficient (Wildman–Crippen LogP) is 3.97.